The molecule has 0 spiro atoms. The van der Waals surface area contributed by atoms with Gasteiger partial charge in [0.1, 0.15) is 18.2 Å². The predicted molar refractivity (Wildman–Crippen MR) is 289 cm³/mol. The van der Waals surface area contributed by atoms with E-state index in [2.05, 4.69) is 55.0 Å². The molecule has 0 bridgehead atoms. The molecule has 0 amide bonds. The van der Waals surface area contributed by atoms with Gasteiger partial charge in [-0.25, -0.2) is 39.5 Å². The van der Waals surface area contributed by atoms with Crippen LogP contribution in [0.4, 0.5) is 57.1 Å². The van der Waals surface area contributed by atoms with Crippen LogP contribution in [-0.2, 0) is 10.2 Å². The molecule has 6 aromatic carbocycles. The van der Waals surface area contributed by atoms with Crippen molar-refractivity contribution in [2.45, 2.75) is 85.5 Å². The van der Waals surface area contributed by atoms with Crippen LogP contribution in [0.15, 0.2) is 121 Å². The van der Waals surface area contributed by atoms with Crippen LogP contribution in [0.3, 0.4) is 0 Å². The zero-order chi connectivity index (χ0) is 61.4. The van der Waals surface area contributed by atoms with Gasteiger partial charge in [-0.3, -0.25) is 19.2 Å². The third-order valence-electron chi connectivity index (χ3n) is 11.5. The Morgan fingerprint density at radius 2 is 0.725 bits per heavy atom. The lowest BCUT2D eigenvalue weighted by atomic mass is 9.65. The number of ether oxygens (including phenoxy) is 3. The topological polar surface area (TPSA) is 96.0 Å². The van der Waals surface area contributed by atoms with Crippen molar-refractivity contribution < 1.29 is 90.5 Å². The Hall–Kier alpha value is -7.09. The number of aryl methyl sites for hydroxylation is 2. The molecule has 0 unspecified atom stereocenters. The van der Waals surface area contributed by atoms with E-state index in [4.69, 9.17) is 9.47 Å². The van der Waals surface area contributed by atoms with Crippen LogP contribution in [0.5, 0.6) is 11.5 Å². The first-order valence-electron chi connectivity index (χ1n) is 24.2. The minimum absolute atomic E-state index is 0.0533. The lowest BCUT2D eigenvalue weighted by Gasteiger charge is -2.39. The molecule has 1 saturated carbocycles. The Labute approximate surface area is 459 Å². The fraction of sp³-hybridized carbons (Fsp3) is 0.367. The molecule has 7 rings (SSSR count). The van der Waals surface area contributed by atoms with Crippen molar-refractivity contribution in [3.05, 3.63) is 166 Å². The van der Waals surface area contributed by atoms with Gasteiger partial charge in [-0.2, -0.15) is 0 Å². The average molecular weight is 1150 g/mol. The number of carbonyl (C=O) groups is 4. The van der Waals surface area contributed by atoms with Gasteiger partial charge in [0.15, 0.2) is 23.1 Å². The summed E-state index contributed by atoms with van der Waals surface area (Å²) in [4.78, 5) is 44.8. The summed E-state index contributed by atoms with van der Waals surface area (Å²) in [5, 5.41) is 1.97. The maximum absolute atomic E-state index is 11.2. The van der Waals surface area contributed by atoms with Gasteiger partial charge in [0, 0.05) is 34.8 Å². The highest BCUT2D eigenvalue weighted by Crippen LogP contribution is 2.46. The van der Waals surface area contributed by atoms with E-state index in [-0.39, 0.29) is 41.8 Å². The van der Waals surface area contributed by atoms with Crippen LogP contribution < -0.4 is 9.47 Å². The first-order chi connectivity index (χ1) is 37.8. The Kier molecular flexibility index (Phi) is 39.3. The lowest BCUT2D eigenvalue weighted by molar-refractivity contribution is -0.237. The number of alkyl halides is 13. The summed E-state index contributed by atoms with van der Waals surface area (Å²) in [7, 11) is 4.95. The van der Waals surface area contributed by atoms with Gasteiger partial charge in [0.05, 0.1) is 20.8 Å². The second kappa shape index (κ2) is 41.9. The van der Waals surface area contributed by atoms with E-state index in [1.54, 1.807) is 54.0 Å². The van der Waals surface area contributed by atoms with Crippen molar-refractivity contribution >= 4 is 33.9 Å². The summed E-state index contributed by atoms with van der Waals surface area (Å²) >= 11 is 0. The molecule has 1 aliphatic rings. The third-order valence-corrected chi connectivity index (χ3v) is 11.5. The van der Waals surface area contributed by atoms with Gasteiger partial charge in [-0.1, -0.05) is 116 Å². The van der Waals surface area contributed by atoms with Crippen molar-refractivity contribution in [3.8, 4) is 22.6 Å². The minimum atomic E-state index is -5.50. The van der Waals surface area contributed by atoms with Crippen molar-refractivity contribution in [2.75, 3.05) is 62.3 Å². The zero-order valence-electron chi connectivity index (χ0n) is 46.1. The van der Waals surface area contributed by atoms with Crippen molar-refractivity contribution in [1.82, 2.24) is 0 Å². The molecule has 442 valence electrons. The number of hydrogen-bond acceptors (Lipinski definition) is 7. The SMILES string of the molecule is CC(=O)c1ccc(-c2ccc(C(C)=O)cc2)cc1.CC(=O)c1ccc2cc(C(C)=O)ccc2c1.COCCF.COc1ccc(C2(c3ccc(OC)c(C)c3)CCCCC2)cc1C.FC(F)(F)F.FCF.FCF.FCF.FCF. The molecule has 0 N–H and O–H groups in total. The Morgan fingerprint density at radius 1 is 0.438 bits per heavy atom. The molecular weight excluding hydrogens is 1080 g/mol. The van der Waals surface area contributed by atoms with Crippen molar-refractivity contribution in [1.29, 1.82) is 0 Å². The fourth-order valence-electron chi connectivity index (χ4n) is 7.81. The molecule has 0 heterocycles. The van der Waals surface area contributed by atoms with Gasteiger partial charge < -0.3 is 14.2 Å². The number of rotatable bonds is 11. The van der Waals surface area contributed by atoms with Crippen molar-refractivity contribution in [3.63, 3.8) is 0 Å². The standard InChI is InChI=1S/C22H28O2.C16H14O2.C14H12O2.C3H7FO.CF4.4CH2F2/c1-16-14-18(8-10-20(16)23-3)22(12-6-5-7-13-22)19-9-11-21(24-4)17(2)15-19;1-11(17)13-3-7-15(8-4-13)16-9-5-14(6-10-16)12(2)18;1-9(15)11-3-5-14-8-12(10(2)16)4-6-13(14)7-11;1-5-3-2-4;2-1(3,4)5;4*2-1-3/h8-11,14-15H,5-7,12-13H2,1-4H3;3-10H,1-2H3;3-8H,1-2H3;2-3H2,1H3;;4*1H2. The van der Waals surface area contributed by atoms with Gasteiger partial charge in [-0.15, -0.1) is 17.6 Å². The molecule has 0 atom stereocenters. The predicted octanol–water partition coefficient (Wildman–Crippen LogP) is 18.2. The summed E-state index contributed by atoms with van der Waals surface area (Å²) in [5.41, 5.74) is 10.3. The largest absolute Gasteiger partial charge is 0.559 e. The molecule has 0 aromatic heterocycles. The van der Waals surface area contributed by atoms with Gasteiger partial charge in [-0.05, 0) is 123 Å². The summed E-state index contributed by atoms with van der Waals surface area (Å²) < 4.78 is 142. The normalized spacial score (nSPS) is 11.5. The van der Waals surface area contributed by atoms with Gasteiger partial charge in [0.2, 0.25) is 27.7 Å². The first-order valence-corrected chi connectivity index (χ1v) is 24.2. The highest BCUT2D eigenvalue weighted by atomic mass is 19.5. The lowest BCUT2D eigenvalue weighted by Crippen LogP contribution is -2.30. The summed E-state index contributed by atoms with van der Waals surface area (Å²) in [6.07, 6.45) is 0.841. The monoisotopic (exact) mass is 1150 g/mol. The fourth-order valence-corrected chi connectivity index (χ4v) is 7.81. The number of ketones is 4. The van der Waals surface area contributed by atoms with Gasteiger partial charge >= 0.3 is 6.43 Å². The van der Waals surface area contributed by atoms with Gasteiger partial charge in [0.25, 0.3) is 0 Å². The molecule has 7 nitrogen and oxygen atoms in total. The smallest absolute Gasteiger partial charge is 0.496 e. The number of hydrogen-bond donors (Lipinski definition) is 0. The molecular formula is C60H69F13O7. The number of carbonyl (C=O) groups excluding carboxylic acids is 4. The summed E-state index contributed by atoms with van der Waals surface area (Å²) in [6, 6.07) is 39.4. The van der Waals surface area contributed by atoms with E-state index in [0.717, 1.165) is 33.4 Å². The number of fused-ring (bicyclic) bond motifs is 1. The quantitative estimate of drug-likeness (QED) is 0.0942. The van der Waals surface area contributed by atoms with Crippen LogP contribution in [0.25, 0.3) is 21.9 Å². The molecule has 1 fully saturated rings. The number of halogens is 13. The molecule has 0 aliphatic heterocycles. The second-order valence-corrected chi connectivity index (χ2v) is 16.7. The van der Waals surface area contributed by atoms with E-state index in [1.165, 1.54) is 61.5 Å². The third kappa shape index (κ3) is 29.2. The average Bonchev–Trinajstić information content (AvgIpc) is 3.42. The van der Waals surface area contributed by atoms with E-state index >= 15 is 0 Å². The van der Waals surface area contributed by atoms with E-state index in [1.807, 2.05) is 72.8 Å². The van der Waals surface area contributed by atoms with Crippen LogP contribution >= 0.6 is 0 Å². The minimum Gasteiger partial charge on any atom is -0.496 e. The van der Waals surface area contributed by atoms with Crippen LogP contribution in [0.1, 0.15) is 123 Å². The highest BCUT2D eigenvalue weighted by Gasteiger charge is 2.36. The molecule has 1 aliphatic carbocycles. The molecule has 0 saturated heterocycles. The van der Waals surface area contributed by atoms with Crippen LogP contribution in [-0.4, -0.2) is 91.9 Å². The maximum Gasteiger partial charge on any atom is 0.559 e. The molecule has 80 heavy (non-hydrogen) atoms. The van der Waals surface area contributed by atoms with E-state index in [9.17, 15) is 76.3 Å². The Bertz CT molecular complexity index is 2510. The number of benzene rings is 6. The highest BCUT2D eigenvalue weighted by molar-refractivity contribution is 6.02. The first kappa shape index (κ1) is 75.0. The summed E-state index contributed by atoms with van der Waals surface area (Å²) in [6.45, 7) is 3.32. The van der Waals surface area contributed by atoms with Crippen LogP contribution in [0, 0.1) is 13.8 Å². The number of methoxy groups -OCH3 is 3. The Balaban J connectivity index is 0. The Morgan fingerprint density at radius 3 is 0.950 bits per heavy atom. The van der Waals surface area contributed by atoms with Crippen molar-refractivity contribution in [2.24, 2.45) is 0 Å². The second-order valence-electron chi connectivity index (χ2n) is 16.7. The zero-order valence-corrected chi connectivity index (χ0v) is 46.1. The summed E-state index contributed by atoms with van der Waals surface area (Å²) in [5.74, 6) is 2.17. The van der Waals surface area contributed by atoms with Crippen LogP contribution in [0.2, 0.25) is 0 Å². The van der Waals surface area contributed by atoms with E-state index < -0.39 is 34.1 Å². The molecule has 20 heteroatoms. The maximum atomic E-state index is 11.2. The molecule has 6 aromatic rings. The number of Topliss-reactive ketones (excluding diaryl/α,β-unsaturated/α-hetero) is 4. The molecule has 0 radical (unpaired) electrons. The van der Waals surface area contributed by atoms with E-state index in [0.29, 0.717) is 22.3 Å².